The van der Waals surface area contributed by atoms with E-state index < -0.39 is 0 Å². The lowest BCUT2D eigenvalue weighted by Crippen LogP contribution is -2.44. The summed E-state index contributed by atoms with van der Waals surface area (Å²) in [7, 11) is 3.82. The van der Waals surface area contributed by atoms with Crippen LogP contribution in [0.4, 0.5) is 5.82 Å². The van der Waals surface area contributed by atoms with E-state index in [-0.39, 0.29) is 12.0 Å². The highest BCUT2D eigenvalue weighted by Crippen LogP contribution is 2.25. The van der Waals surface area contributed by atoms with Gasteiger partial charge in [-0.25, -0.2) is 9.97 Å². The van der Waals surface area contributed by atoms with Gasteiger partial charge >= 0.3 is 0 Å². The number of hydrogen-bond donors (Lipinski definition) is 0. The largest absolute Gasteiger partial charge is 0.470 e. The number of carbonyl (C=O) groups excluding carboxylic acids is 1. The van der Waals surface area contributed by atoms with E-state index in [1.54, 1.807) is 12.4 Å². The second-order valence-corrected chi connectivity index (χ2v) is 7.01. The standard InChI is InChI=1S/C20H26N4O2/c1-14-7-8-16(12-15(14)2)20(25)24-11-5-6-17(13-24)26-19-18(23(3)4)21-9-10-22-19/h7-10,12,17H,5-6,11,13H2,1-4H3. The number of carbonyl (C=O) groups is 1. The van der Waals surface area contributed by atoms with Crippen molar-refractivity contribution in [3.63, 3.8) is 0 Å². The minimum absolute atomic E-state index is 0.0633. The first-order valence-corrected chi connectivity index (χ1v) is 8.97. The normalized spacial score (nSPS) is 17.1. The zero-order chi connectivity index (χ0) is 18.7. The summed E-state index contributed by atoms with van der Waals surface area (Å²) in [5.74, 6) is 1.28. The maximum Gasteiger partial charge on any atom is 0.257 e. The molecule has 1 fully saturated rings. The van der Waals surface area contributed by atoms with Crippen molar-refractivity contribution in [3.8, 4) is 5.88 Å². The van der Waals surface area contributed by atoms with Gasteiger partial charge in [-0.3, -0.25) is 4.79 Å². The first-order valence-electron chi connectivity index (χ1n) is 8.97. The molecule has 1 aromatic carbocycles. The van der Waals surface area contributed by atoms with Gasteiger partial charge in [0, 0.05) is 38.6 Å². The fraction of sp³-hybridized carbons (Fsp3) is 0.450. The van der Waals surface area contributed by atoms with Crippen LogP contribution in [0, 0.1) is 13.8 Å². The Labute approximate surface area is 154 Å². The van der Waals surface area contributed by atoms with E-state index in [2.05, 4.69) is 16.9 Å². The number of benzene rings is 1. The summed E-state index contributed by atoms with van der Waals surface area (Å²) in [4.78, 5) is 25.3. The van der Waals surface area contributed by atoms with Crippen molar-refractivity contribution in [1.29, 1.82) is 0 Å². The molecule has 0 spiro atoms. The SMILES string of the molecule is Cc1ccc(C(=O)N2CCCC(Oc3nccnc3N(C)C)C2)cc1C. The molecular formula is C20H26N4O2. The molecule has 1 amide bonds. The third-order valence-corrected chi connectivity index (χ3v) is 4.77. The van der Waals surface area contributed by atoms with Crippen LogP contribution in [0.3, 0.4) is 0 Å². The van der Waals surface area contributed by atoms with Crippen molar-refractivity contribution in [1.82, 2.24) is 14.9 Å². The summed E-state index contributed by atoms with van der Waals surface area (Å²) in [6.45, 7) is 5.41. The Hall–Kier alpha value is -2.63. The molecule has 26 heavy (non-hydrogen) atoms. The molecule has 1 aliphatic rings. The number of aryl methyl sites for hydroxylation is 2. The van der Waals surface area contributed by atoms with Gasteiger partial charge in [0.15, 0.2) is 5.82 Å². The van der Waals surface area contributed by atoms with Crippen LogP contribution in [0.1, 0.15) is 34.3 Å². The van der Waals surface area contributed by atoms with Crippen LogP contribution in [0.25, 0.3) is 0 Å². The minimum Gasteiger partial charge on any atom is -0.470 e. The quantitative estimate of drug-likeness (QED) is 0.845. The highest BCUT2D eigenvalue weighted by atomic mass is 16.5. The van der Waals surface area contributed by atoms with Crippen LogP contribution in [0.2, 0.25) is 0 Å². The number of anilines is 1. The molecule has 0 saturated carbocycles. The maximum atomic E-state index is 12.9. The number of nitrogens with zero attached hydrogens (tertiary/aromatic N) is 4. The summed E-state index contributed by atoms with van der Waals surface area (Å²) in [6, 6.07) is 5.88. The molecule has 0 aliphatic carbocycles. The van der Waals surface area contributed by atoms with E-state index in [1.807, 2.05) is 49.0 Å². The van der Waals surface area contributed by atoms with Crippen LogP contribution < -0.4 is 9.64 Å². The summed E-state index contributed by atoms with van der Waals surface area (Å²) in [5, 5.41) is 0. The molecule has 1 aromatic heterocycles. The van der Waals surface area contributed by atoms with E-state index in [0.717, 1.165) is 30.5 Å². The molecule has 0 radical (unpaired) electrons. The van der Waals surface area contributed by atoms with Crippen molar-refractivity contribution in [3.05, 3.63) is 47.3 Å². The maximum absolute atomic E-state index is 12.9. The van der Waals surface area contributed by atoms with Gasteiger partial charge in [-0.05, 0) is 49.9 Å². The van der Waals surface area contributed by atoms with Gasteiger partial charge in [0.1, 0.15) is 6.10 Å². The Kier molecular flexibility index (Phi) is 5.40. The van der Waals surface area contributed by atoms with E-state index in [4.69, 9.17) is 4.74 Å². The third-order valence-electron chi connectivity index (χ3n) is 4.77. The molecule has 0 N–H and O–H groups in total. The Bertz CT molecular complexity index is 791. The monoisotopic (exact) mass is 354 g/mol. The van der Waals surface area contributed by atoms with Crippen LogP contribution in [-0.4, -0.2) is 54.1 Å². The van der Waals surface area contributed by atoms with Gasteiger partial charge in [0.25, 0.3) is 11.8 Å². The molecule has 138 valence electrons. The summed E-state index contributed by atoms with van der Waals surface area (Å²) >= 11 is 0. The molecule has 1 unspecified atom stereocenters. The minimum atomic E-state index is -0.0744. The van der Waals surface area contributed by atoms with Crippen LogP contribution >= 0.6 is 0 Å². The third kappa shape index (κ3) is 3.95. The fourth-order valence-electron chi connectivity index (χ4n) is 3.14. The van der Waals surface area contributed by atoms with Gasteiger partial charge in [-0.2, -0.15) is 0 Å². The number of likely N-dealkylation sites (tertiary alicyclic amines) is 1. The first-order chi connectivity index (χ1) is 12.5. The molecule has 1 aliphatic heterocycles. The van der Waals surface area contributed by atoms with Crippen LogP contribution in [0.5, 0.6) is 5.88 Å². The van der Waals surface area contributed by atoms with E-state index in [1.165, 1.54) is 5.56 Å². The van der Waals surface area contributed by atoms with Crippen molar-refractivity contribution in [2.45, 2.75) is 32.8 Å². The number of rotatable bonds is 4. The van der Waals surface area contributed by atoms with E-state index in [9.17, 15) is 4.79 Å². The van der Waals surface area contributed by atoms with Gasteiger partial charge < -0.3 is 14.5 Å². The Balaban J connectivity index is 1.71. The number of hydrogen-bond acceptors (Lipinski definition) is 5. The van der Waals surface area contributed by atoms with Crippen molar-refractivity contribution in [2.24, 2.45) is 0 Å². The van der Waals surface area contributed by atoms with E-state index in [0.29, 0.717) is 18.2 Å². The lowest BCUT2D eigenvalue weighted by molar-refractivity contribution is 0.0528. The molecule has 1 saturated heterocycles. The van der Waals surface area contributed by atoms with Crippen molar-refractivity contribution >= 4 is 11.7 Å². The zero-order valence-corrected chi connectivity index (χ0v) is 15.9. The number of ether oxygens (including phenoxy) is 1. The number of amides is 1. The second-order valence-electron chi connectivity index (χ2n) is 7.01. The Morgan fingerprint density at radius 3 is 2.69 bits per heavy atom. The highest BCUT2D eigenvalue weighted by Gasteiger charge is 2.27. The summed E-state index contributed by atoms with van der Waals surface area (Å²) in [6.07, 6.45) is 5.02. The van der Waals surface area contributed by atoms with Crippen LogP contribution in [0.15, 0.2) is 30.6 Å². The molecular weight excluding hydrogens is 328 g/mol. The average molecular weight is 354 g/mol. The molecule has 6 nitrogen and oxygen atoms in total. The highest BCUT2D eigenvalue weighted by molar-refractivity contribution is 5.94. The number of aromatic nitrogens is 2. The molecule has 1 atom stereocenters. The molecule has 2 aromatic rings. The Morgan fingerprint density at radius 1 is 1.19 bits per heavy atom. The second kappa shape index (κ2) is 7.72. The summed E-state index contributed by atoms with van der Waals surface area (Å²) < 4.78 is 6.10. The molecule has 0 bridgehead atoms. The van der Waals surface area contributed by atoms with Crippen molar-refractivity contribution in [2.75, 3.05) is 32.1 Å². The van der Waals surface area contributed by atoms with Gasteiger partial charge in [0.05, 0.1) is 6.54 Å². The summed E-state index contributed by atoms with van der Waals surface area (Å²) in [5.41, 5.74) is 3.07. The molecule has 6 heteroatoms. The van der Waals surface area contributed by atoms with Gasteiger partial charge in [-0.15, -0.1) is 0 Å². The van der Waals surface area contributed by atoms with E-state index >= 15 is 0 Å². The fourth-order valence-corrected chi connectivity index (χ4v) is 3.14. The first kappa shape index (κ1) is 18.2. The predicted molar refractivity (Wildman–Crippen MR) is 102 cm³/mol. The predicted octanol–water partition coefficient (Wildman–Crippen LogP) is 2.84. The molecule has 2 heterocycles. The number of piperidine rings is 1. The smallest absolute Gasteiger partial charge is 0.257 e. The van der Waals surface area contributed by atoms with Crippen LogP contribution in [-0.2, 0) is 0 Å². The lowest BCUT2D eigenvalue weighted by atomic mass is 10.0. The lowest BCUT2D eigenvalue weighted by Gasteiger charge is -2.33. The van der Waals surface area contributed by atoms with Crippen molar-refractivity contribution < 1.29 is 9.53 Å². The zero-order valence-electron chi connectivity index (χ0n) is 15.9. The van der Waals surface area contributed by atoms with Gasteiger partial charge in [-0.1, -0.05) is 6.07 Å². The average Bonchev–Trinajstić information content (AvgIpc) is 2.64. The topological polar surface area (TPSA) is 58.6 Å². The molecule has 3 rings (SSSR count). The Morgan fingerprint density at radius 2 is 1.96 bits per heavy atom. The van der Waals surface area contributed by atoms with Gasteiger partial charge in [0.2, 0.25) is 0 Å².